The number of hydrogen-bond acceptors (Lipinski definition) is 4. The van der Waals surface area contributed by atoms with Gasteiger partial charge in [0.05, 0.1) is 12.0 Å². The van der Waals surface area contributed by atoms with Crippen LogP contribution in [-0.2, 0) is 14.3 Å². The smallest absolute Gasteiger partial charge is 0.410 e. The zero-order valence-electron chi connectivity index (χ0n) is 17.8. The average Bonchev–Trinajstić information content (AvgIpc) is 2.53. The highest BCUT2D eigenvalue weighted by Gasteiger charge is 2.34. The predicted molar refractivity (Wildman–Crippen MR) is 106 cm³/mol. The number of hydrogen-bond donors (Lipinski definition) is 0. The van der Waals surface area contributed by atoms with Gasteiger partial charge < -0.3 is 14.4 Å². The van der Waals surface area contributed by atoms with Crippen LogP contribution in [0.3, 0.4) is 0 Å². The molecule has 1 amide bonds. The fourth-order valence-corrected chi connectivity index (χ4v) is 2.83. The van der Waals surface area contributed by atoms with Crippen molar-refractivity contribution in [2.75, 3.05) is 13.1 Å². The summed E-state index contributed by atoms with van der Waals surface area (Å²) in [5.41, 5.74) is 1.02. The molecule has 0 saturated heterocycles. The largest absolute Gasteiger partial charge is 0.455 e. The summed E-state index contributed by atoms with van der Waals surface area (Å²) in [6.45, 7) is 13.0. The van der Waals surface area contributed by atoms with Gasteiger partial charge in [0.15, 0.2) is 0 Å². The third-order valence-electron chi connectivity index (χ3n) is 4.28. The van der Waals surface area contributed by atoms with E-state index in [0.717, 1.165) is 16.7 Å². The first kappa shape index (κ1) is 21.9. The Bertz CT molecular complexity index is 787. The molecule has 1 aromatic carbocycles. The Morgan fingerprint density at radius 3 is 2.32 bits per heavy atom. The van der Waals surface area contributed by atoms with Crippen molar-refractivity contribution >= 4 is 17.6 Å². The van der Waals surface area contributed by atoms with Crippen LogP contribution < -0.4 is 0 Å². The van der Waals surface area contributed by atoms with E-state index in [9.17, 15) is 14.0 Å². The average molecular weight is 391 g/mol. The minimum atomic E-state index is -0.683. The molecule has 6 heteroatoms. The normalized spacial score (nSPS) is 17.8. The molecule has 1 aliphatic heterocycles. The van der Waals surface area contributed by atoms with Crippen LogP contribution in [-0.4, -0.2) is 41.8 Å². The van der Waals surface area contributed by atoms with Crippen LogP contribution >= 0.6 is 0 Å². The van der Waals surface area contributed by atoms with E-state index in [4.69, 9.17) is 9.47 Å². The van der Waals surface area contributed by atoms with Crippen LogP contribution in [0.15, 0.2) is 24.3 Å². The van der Waals surface area contributed by atoms with E-state index in [2.05, 4.69) is 0 Å². The quantitative estimate of drug-likeness (QED) is 0.684. The monoisotopic (exact) mass is 391 g/mol. The summed E-state index contributed by atoms with van der Waals surface area (Å²) in [6, 6.07) is 4.50. The van der Waals surface area contributed by atoms with Gasteiger partial charge in [-0.25, -0.2) is 9.18 Å². The maximum atomic E-state index is 13.5. The number of amides is 1. The summed E-state index contributed by atoms with van der Waals surface area (Å²) in [5, 5.41) is 0. The molecule has 1 aromatic rings. The Morgan fingerprint density at radius 1 is 1.14 bits per heavy atom. The molecule has 0 unspecified atom stereocenters. The van der Waals surface area contributed by atoms with Gasteiger partial charge in [-0.15, -0.1) is 0 Å². The highest BCUT2D eigenvalue weighted by atomic mass is 19.1. The van der Waals surface area contributed by atoms with Crippen molar-refractivity contribution in [3.8, 4) is 0 Å². The first-order valence-corrected chi connectivity index (χ1v) is 9.43. The van der Waals surface area contributed by atoms with E-state index in [-0.39, 0.29) is 18.3 Å². The molecule has 0 bridgehead atoms. The Labute approximate surface area is 166 Å². The lowest BCUT2D eigenvalue weighted by Crippen LogP contribution is -2.46. The van der Waals surface area contributed by atoms with Crippen LogP contribution in [0.2, 0.25) is 0 Å². The molecule has 0 aliphatic carbocycles. The van der Waals surface area contributed by atoms with E-state index in [0.29, 0.717) is 6.54 Å². The van der Waals surface area contributed by atoms with Crippen molar-refractivity contribution in [2.45, 2.75) is 60.2 Å². The van der Waals surface area contributed by atoms with Gasteiger partial charge in [0.25, 0.3) is 0 Å². The molecule has 2 rings (SSSR count). The summed E-state index contributed by atoms with van der Waals surface area (Å²) >= 11 is 0. The van der Waals surface area contributed by atoms with Crippen LogP contribution in [0.25, 0.3) is 5.57 Å². The molecule has 1 heterocycles. The van der Waals surface area contributed by atoms with E-state index in [1.807, 2.05) is 13.0 Å². The van der Waals surface area contributed by atoms with Gasteiger partial charge in [-0.2, -0.15) is 0 Å². The molecule has 5 nitrogen and oxygen atoms in total. The SMILES string of the molecule is Cc1cc(F)ccc1C1=CCN(C(=O)OC(C)(C)C)C[C@@H]1OC(=O)C(C)(C)C. The maximum absolute atomic E-state index is 13.5. The van der Waals surface area contributed by atoms with E-state index in [1.54, 1.807) is 47.6 Å². The molecule has 0 aromatic heterocycles. The number of ether oxygens (including phenoxy) is 2. The van der Waals surface area contributed by atoms with Crippen LogP contribution in [0.5, 0.6) is 0 Å². The lowest BCUT2D eigenvalue weighted by Gasteiger charge is -2.35. The van der Waals surface area contributed by atoms with Gasteiger partial charge in [-0.3, -0.25) is 4.79 Å². The van der Waals surface area contributed by atoms with E-state index in [1.165, 1.54) is 17.0 Å². The number of esters is 1. The molecule has 154 valence electrons. The van der Waals surface area contributed by atoms with Crippen LogP contribution in [0.1, 0.15) is 52.7 Å². The lowest BCUT2D eigenvalue weighted by molar-refractivity contribution is -0.156. The molecular formula is C22H30FNO4. The summed E-state index contributed by atoms with van der Waals surface area (Å²) in [7, 11) is 0. The Hall–Kier alpha value is -2.37. The summed E-state index contributed by atoms with van der Waals surface area (Å²) in [6.07, 6.45) is 0.724. The second-order valence-electron chi connectivity index (χ2n) is 9.15. The fourth-order valence-electron chi connectivity index (χ4n) is 2.83. The number of benzene rings is 1. The summed E-state index contributed by atoms with van der Waals surface area (Å²) in [4.78, 5) is 26.5. The lowest BCUT2D eigenvalue weighted by atomic mass is 9.92. The van der Waals surface area contributed by atoms with Crippen molar-refractivity contribution in [1.29, 1.82) is 0 Å². The first-order valence-electron chi connectivity index (χ1n) is 9.43. The Kier molecular flexibility index (Phi) is 6.21. The van der Waals surface area contributed by atoms with E-state index < -0.39 is 23.2 Å². The molecule has 0 radical (unpaired) electrons. The minimum Gasteiger partial charge on any atom is -0.455 e. The number of aryl methyl sites for hydroxylation is 1. The van der Waals surface area contributed by atoms with Crippen LogP contribution in [0, 0.1) is 18.2 Å². The molecule has 0 spiro atoms. The summed E-state index contributed by atoms with van der Waals surface area (Å²) < 4.78 is 24.7. The van der Waals surface area contributed by atoms with E-state index >= 15 is 0 Å². The number of carbonyl (C=O) groups excluding carboxylic acids is 2. The van der Waals surface area contributed by atoms with Gasteiger partial charge in [-0.1, -0.05) is 12.1 Å². The van der Waals surface area contributed by atoms with Crippen molar-refractivity contribution in [2.24, 2.45) is 5.41 Å². The number of rotatable bonds is 2. The molecule has 1 atom stereocenters. The van der Waals surface area contributed by atoms with Crippen molar-refractivity contribution < 1.29 is 23.5 Å². The fraction of sp³-hybridized carbons (Fsp3) is 0.545. The number of carbonyl (C=O) groups is 2. The molecule has 1 aliphatic rings. The van der Waals surface area contributed by atoms with Crippen molar-refractivity contribution in [3.05, 3.63) is 41.2 Å². The third kappa shape index (κ3) is 5.57. The van der Waals surface area contributed by atoms with Gasteiger partial charge >= 0.3 is 12.1 Å². The van der Waals surface area contributed by atoms with Gasteiger partial charge in [0, 0.05) is 6.54 Å². The van der Waals surface area contributed by atoms with Gasteiger partial charge in [0.1, 0.15) is 17.5 Å². The molecular weight excluding hydrogens is 361 g/mol. The molecule has 0 fully saturated rings. The highest BCUT2D eigenvalue weighted by molar-refractivity contribution is 5.81. The number of halogens is 1. The first-order chi connectivity index (χ1) is 12.8. The Balaban J connectivity index is 2.35. The topological polar surface area (TPSA) is 55.8 Å². The zero-order valence-corrected chi connectivity index (χ0v) is 17.8. The van der Waals surface area contributed by atoms with Gasteiger partial charge in [0.2, 0.25) is 0 Å². The highest BCUT2D eigenvalue weighted by Crippen LogP contribution is 2.30. The standard InChI is InChI=1S/C22H30FNO4/c1-14-12-15(23)8-9-16(14)17-10-11-24(20(26)28-22(5,6)7)13-18(17)27-19(25)21(2,3)4/h8-10,12,18H,11,13H2,1-7H3/t18-/m0/s1. The Morgan fingerprint density at radius 2 is 1.79 bits per heavy atom. The predicted octanol–water partition coefficient (Wildman–Crippen LogP) is 4.73. The second kappa shape index (κ2) is 7.94. The maximum Gasteiger partial charge on any atom is 0.410 e. The second-order valence-corrected chi connectivity index (χ2v) is 9.15. The zero-order chi connectivity index (χ0) is 21.3. The molecule has 0 N–H and O–H groups in total. The van der Waals surface area contributed by atoms with Crippen molar-refractivity contribution in [3.63, 3.8) is 0 Å². The summed E-state index contributed by atoms with van der Waals surface area (Å²) in [5.74, 6) is -0.689. The molecule has 0 saturated carbocycles. The van der Waals surface area contributed by atoms with Crippen molar-refractivity contribution in [1.82, 2.24) is 4.90 Å². The molecule has 28 heavy (non-hydrogen) atoms. The van der Waals surface area contributed by atoms with Gasteiger partial charge in [-0.05, 0) is 77.3 Å². The minimum absolute atomic E-state index is 0.180. The van der Waals surface area contributed by atoms with Crippen LogP contribution in [0.4, 0.5) is 9.18 Å². The number of nitrogens with zero attached hydrogens (tertiary/aromatic N) is 1. The third-order valence-corrected chi connectivity index (χ3v) is 4.28.